The van der Waals surface area contributed by atoms with Gasteiger partial charge in [-0.15, -0.1) is 0 Å². The molecule has 0 bridgehead atoms. The molecule has 2 rings (SSSR count). The Hall–Kier alpha value is -1.64. The van der Waals surface area contributed by atoms with Gasteiger partial charge in [0.25, 0.3) is 11.8 Å². The van der Waals surface area contributed by atoms with E-state index in [1.807, 2.05) is 54.5 Å². The third kappa shape index (κ3) is 2.78. The number of carbonyl (C=O) groups is 2. The lowest BCUT2D eigenvalue weighted by atomic mass is 9.95. The number of nitrogens with one attached hydrogen (secondary N) is 1. The molecule has 0 saturated heterocycles. The lowest BCUT2D eigenvalue weighted by molar-refractivity contribution is 0.0879. The second-order valence-electron chi connectivity index (χ2n) is 3.67. The van der Waals surface area contributed by atoms with Gasteiger partial charge in [-0.25, -0.2) is 0 Å². The Kier molecular flexibility index (Phi) is 6.31. The van der Waals surface area contributed by atoms with Crippen LogP contribution < -0.4 is 5.32 Å². The van der Waals surface area contributed by atoms with Crippen LogP contribution in [-0.4, -0.2) is 11.8 Å². The second kappa shape index (κ2) is 6.94. The first-order valence-corrected chi connectivity index (χ1v) is 6.49. The second-order valence-corrected chi connectivity index (χ2v) is 3.67. The zero-order chi connectivity index (χ0) is 14.5. The maximum Gasteiger partial charge on any atom is 0.259 e. The third-order valence-electron chi connectivity index (χ3n) is 2.73. The molecule has 100 valence electrons. The van der Waals surface area contributed by atoms with Gasteiger partial charge in [-0.05, 0) is 37.5 Å². The van der Waals surface area contributed by atoms with Crippen molar-refractivity contribution in [1.29, 1.82) is 0 Å². The Morgan fingerprint density at radius 2 is 1.22 bits per heavy atom. The summed E-state index contributed by atoms with van der Waals surface area (Å²) < 4.78 is 0. The number of hydrogen-bond acceptors (Lipinski definition) is 2. The molecule has 1 aromatic rings. The van der Waals surface area contributed by atoms with Gasteiger partial charge in [0.05, 0.1) is 11.1 Å². The number of imide groups is 1. The Labute approximate surface area is 110 Å². The average Bonchev–Trinajstić information content (AvgIpc) is 2.67. The van der Waals surface area contributed by atoms with Crippen molar-refractivity contribution in [3.8, 4) is 0 Å². The van der Waals surface area contributed by atoms with Crippen LogP contribution in [0.4, 0.5) is 0 Å². The van der Waals surface area contributed by atoms with Crippen LogP contribution in [0.3, 0.4) is 0 Å². The van der Waals surface area contributed by atoms with Crippen molar-refractivity contribution in [2.24, 2.45) is 0 Å². The lowest BCUT2D eigenvalue weighted by Crippen LogP contribution is -2.20. The van der Waals surface area contributed by atoms with Crippen molar-refractivity contribution in [3.63, 3.8) is 0 Å². The van der Waals surface area contributed by atoms with E-state index in [0.717, 1.165) is 16.7 Å². The van der Waals surface area contributed by atoms with Gasteiger partial charge in [-0.2, -0.15) is 0 Å². The van der Waals surface area contributed by atoms with Crippen molar-refractivity contribution >= 4 is 11.8 Å². The average molecular weight is 249 g/mol. The van der Waals surface area contributed by atoms with E-state index in [1.54, 1.807) is 0 Å². The SMILES string of the molecule is CC.CC.Cc1cc(C)c2c(c1C)C(=O)NC2=O. The summed E-state index contributed by atoms with van der Waals surface area (Å²) in [6.45, 7) is 13.7. The molecule has 0 spiro atoms. The van der Waals surface area contributed by atoms with Crippen LogP contribution in [0.2, 0.25) is 0 Å². The van der Waals surface area contributed by atoms with Crippen LogP contribution in [0.25, 0.3) is 0 Å². The van der Waals surface area contributed by atoms with Crippen LogP contribution in [0.5, 0.6) is 0 Å². The maximum absolute atomic E-state index is 11.5. The van der Waals surface area contributed by atoms with E-state index < -0.39 is 0 Å². The van der Waals surface area contributed by atoms with E-state index in [4.69, 9.17) is 0 Å². The number of carbonyl (C=O) groups excluding carboxylic acids is 2. The van der Waals surface area contributed by atoms with E-state index >= 15 is 0 Å². The first kappa shape index (κ1) is 16.4. The quantitative estimate of drug-likeness (QED) is 0.715. The number of amides is 2. The predicted molar refractivity (Wildman–Crippen MR) is 75.1 cm³/mol. The first-order valence-electron chi connectivity index (χ1n) is 6.49. The molecule has 1 heterocycles. The normalized spacial score (nSPS) is 11.7. The highest BCUT2D eigenvalue weighted by atomic mass is 16.2. The van der Waals surface area contributed by atoms with Crippen molar-refractivity contribution in [2.75, 3.05) is 0 Å². The third-order valence-corrected chi connectivity index (χ3v) is 2.73. The summed E-state index contributed by atoms with van der Waals surface area (Å²) in [5, 5.41) is 2.31. The van der Waals surface area contributed by atoms with E-state index in [9.17, 15) is 9.59 Å². The predicted octanol–water partition coefficient (Wildman–Crippen LogP) is 3.55. The summed E-state index contributed by atoms with van der Waals surface area (Å²) in [4.78, 5) is 22.9. The van der Waals surface area contributed by atoms with Crippen LogP contribution in [0.1, 0.15) is 65.1 Å². The van der Waals surface area contributed by atoms with E-state index in [0.29, 0.717) is 11.1 Å². The molecule has 1 aliphatic heterocycles. The van der Waals surface area contributed by atoms with E-state index in [2.05, 4.69) is 5.32 Å². The molecule has 18 heavy (non-hydrogen) atoms. The zero-order valence-corrected chi connectivity index (χ0v) is 12.4. The van der Waals surface area contributed by atoms with Gasteiger partial charge in [0, 0.05) is 0 Å². The molecule has 2 amide bonds. The van der Waals surface area contributed by atoms with E-state index in [1.165, 1.54) is 0 Å². The fraction of sp³-hybridized carbons (Fsp3) is 0.467. The molecule has 0 saturated carbocycles. The Balaban J connectivity index is 0.000000659. The molecular weight excluding hydrogens is 226 g/mol. The van der Waals surface area contributed by atoms with Crippen LogP contribution in [-0.2, 0) is 0 Å². The maximum atomic E-state index is 11.5. The molecule has 0 fully saturated rings. The van der Waals surface area contributed by atoms with Crippen molar-refractivity contribution in [2.45, 2.75) is 48.5 Å². The fourth-order valence-electron chi connectivity index (χ4n) is 1.89. The smallest absolute Gasteiger partial charge is 0.259 e. The molecule has 1 aliphatic rings. The summed E-state index contributed by atoms with van der Waals surface area (Å²) in [5.41, 5.74) is 3.90. The van der Waals surface area contributed by atoms with Gasteiger partial charge in [0.1, 0.15) is 0 Å². The highest BCUT2D eigenvalue weighted by Gasteiger charge is 2.30. The fourth-order valence-corrected chi connectivity index (χ4v) is 1.89. The minimum Gasteiger partial charge on any atom is -0.288 e. The van der Waals surface area contributed by atoms with Crippen LogP contribution in [0.15, 0.2) is 6.07 Å². The van der Waals surface area contributed by atoms with Gasteiger partial charge in [-0.1, -0.05) is 33.8 Å². The minimum atomic E-state index is -0.273. The number of hydrogen-bond donors (Lipinski definition) is 1. The first-order chi connectivity index (χ1) is 8.52. The monoisotopic (exact) mass is 249 g/mol. The molecule has 3 heteroatoms. The summed E-state index contributed by atoms with van der Waals surface area (Å²) >= 11 is 0. The topological polar surface area (TPSA) is 46.2 Å². The number of benzene rings is 1. The zero-order valence-electron chi connectivity index (χ0n) is 12.4. The highest BCUT2D eigenvalue weighted by Crippen LogP contribution is 2.25. The van der Waals surface area contributed by atoms with Crippen LogP contribution >= 0.6 is 0 Å². The summed E-state index contributed by atoms with van der Waals surface area (Å²) in [6, 6.07) is 1.94. The Morgan fingerprint density at radius 3 is 1.72 bits per heavy atom. The van der Waals surface area contributed by atoms with Crippen molar-refractivity contribution < 1.29 is 9.59 Å². The van der Waals surface area contributed by atoms with Gasteiger partial charge >= 0.3 is 0 Å². The van der Waals surface area contributed by atoms with Gasteiger partial charge in [-0.3, -0.25) is 14.9 Å². The highest BCUT2D eigenvalue weighted by molar-refractivity contribution is 6.22. The Bertz CT molecular complexity index is 462. The molecule has 0 atom stereocenters. The lowest BCUT2D eigenvalue weighted by Gasteiger charge is -2.07. The van der Waals surface area contributed by atoms with Gasteiger partial charge in [0.2, 0.25) is 0 Å². The molecule has 0 unspecified atom stereocenters. The Morgan fingerprint density at radius 1 is 0.778 bits per heavy atom. The number of rotatable bonds is 0. The molecule has 1 aromatic carbocycles. The van der Waals surface area contributed by atoms with Gasteiger partial charge in [0.15, 0.2) is 0 Å². The van der Waals surface area contributed by atoms with Crippen molar-refractivity contribution in [3.05, 3.63) is 33.9 Å². The summed E-state index contributed by atoms with van der Waals surface area (Å²) in [6.07, 6.45) is 0. The molecular formula is C15H23NO2. The number of fused-ring (bicyclic) bond motifs is 1. The number of aryl methyl sites for hydroxylation is 2. The van der Waals surface area contributed by atoms with Crippen molar-refractivity contribution in [1.82, 2.24) is 5.32 Å². The molecule has 1 N–H and O–H groups in total. The summed E-state index contributed by atoms with van der Waals surface area (Å²) in [5.74, 6) is -0.542. The molecule has 0 aromatic heterocycles. The van der Waals surface area contributed by atoms with E-state index in [-0.39, 0.29) is 11.8 Å². The summed E-state index contributed by atoms with van der Waals surface area (Å²) in [7, 11) is 0. The minimum absolute atomic E-state index is 0.269. The van der Waals surface area contributed by atoms with Gasteiger partial charge < -0.3 is 0 Å². The molecule has 3 nitrogen and oxygen atoms in total. The largest absolute Gasteiger partial charge is 0.288 e. The molecule has 0 radical (unpaired) electrons. The molecule has 0 aliphatic carbocycles. The van der Waals surface area contributed by atoms with Crippen LogP contribution in [0, 0.1) is 20.8 Å². The standard InChI is InChI=1S/C11H11NO2.2C2H6/c1-5-4-6(2)8-9(7(5)3)11(14)12-10(8)13;2*1-2/h4H,1-3H3,(H,12,13,14);2*1-2H3.